The van der Waals surface area contributed by atoms with Crippen molar-refractivity contribution in [3.8, 4) is 0 Å². The second-order valence-corrected chi connectivity index (χ2v) is 5.04. The van der Waals surface area contributed by atoms with Crippen LogP contribution in [0.15, 0.2) is 30.3 Å². The molecule has 92 valence electrons. The molecule has 0 unspecified atom stereocenters. The SMILES string of the molecule is CCCC12COC(c3ccccc3)(OC1)OC2. The number of benzene rings is 1. The summed E-state index contributed by atoms with van der Waals surface area (Å²) in [5, 5.41) is 0. The molecule has 3 aliphatic rings. The van der Waals surface area contributed by atoms with Crippen LogP contribution in [0.3, 0.4) is 0 Å². The topological polar surface area (TPSA) is 27.7 Å². The summed E-state index contributed by atoms with van der Waals surface area (Å²) in [5.74, 6) is -0.948. The molecule has 4 rings (SSSR count). The second-order valence-electron chi connectivity index (χ2n) is 5.04. The fourth-order valence-corrected chi connectivity index (χ4v) is 2.63. The van der Waals surface area contributed by atoms with Crippen LogP contribution in [-0.4, -0.2) is 19.8 Å². The Morgan fingerprint density at radius 1 is 1.00 bits per heavy atom. The Hall–Kier alpha value is -0.900. The van der Waals surface area contributed by atoms with Gasteiger partial charge in [-0.05, 0) is 6.42 Å². The van der Waals surface area contributed by atoms with Crippen LogP contribution >= 0.6 is 0 Å². The van der Waals surface area contributed by atoms with Crippen molar-refractivity contribution in [2.24, 2.45) is 5.41 Å². The number of ether oxygens (including phenoxy) is 3. The fraction of sp³-hybridized carbons (Fsp3) is 0.571. The van der Waals surface area contributed by atoms with E-state index in [0.717, 1.165) is 38.2 Å². The molecule has 17 heavy (non-hydrogen) atoms. The summed E-state index contributed by atoms with van der Waals surface area (Å²) in [5.41, 5.74) is 1.02. The van der Waals surface area contributed by atoms with Gasteiger partial charge in [0, 0.05) is 11.0 Å². The summed E-state index contributed by atoms with van der Waals surface area (Å²) in [6, 6.07) is 9.90. The van der Waals surface area contributed by atoms with Crippen molar-refractivity contribution in [1.82, 2.24) is 0 Å². The summed E-state index contributed by atoms with van der Waals surface area (Å²) in [6.07, 6.45) is 2.23. The van der Waals surface area contributed by atoms with Crippen LogP contribution in [0.2, 0.25) is 0 Å². The number of hydrogen-bond acceptors (Lipinski definition) is 3. The third-order valence-electron chi connectivity index (χ3n) is 3.61. The maximum absolute atomic E-state index is 5.86. The molecule has 3 heteroatoms. The fourth-order valence-electron chi connectivity index (χ4n) is 2.63. The zero-order chi connectivity index (χ0) is 11.8. The molecule has 0 saturated carbocycles. The average molecular weight is 234 g/mol. The summed E-state index contributed by atoms with van der Waals surface area (Å²) >= 11 is 0. The molecule has 0 spiro atoms. The van der Waals surface area contributed by atoms with E-state index < -0.39 is 5.97 Å². The highest BCUT2D eigenvalue weighted by molar-refractivity contribution is 5.19. The normalized spacial score (nSPS) is 36.1. The lowest BCUT2D eigenvalue weighted by atomic mass is 9.84. The molecular weight excluding hydrogens is 216 g/mol. The zero-order valence-corrected chi connectivity index (χ0v) is 10.1. The third-order valence-corrected chi connectivity index (χ3v) is 3.61. The Morgan fingerprint density at radius 3 is 2.12 bits per heavy atom. The van der Waals surface area contributed by atoms with Crippen LogP contribution in [0.4, 0.5) is 0 Å². The van der Waals surface area contributed by atoms with Crippen molar-refractivity contribution in [1.29, 1.82) is 0 Å². The van der Waals surface area contributed by atoms with Crippen LogP contribution in [0, 0.1) is 5.41 Å². The van der Waals surface area contributed by atoms with Gasteiger partial charge in [-0.3, -0.25) is 0 Å². The van der Waals surface area contributed by atoms with Gasteiger partial charge in [-0.25, -0.2) is 0 Å². The molecular formula is C14H18O3. The van der Waals surface area contributed by atoms with Crippen LogP contribution in [-0.2, 0) is 20.2 Å². The molecule has 3 saturated heterocycles. The number of rotatable bonds is 3. The van der Waals surface area contributed by atoms with Gasteiger partial charge in [0.2, 0.25) is 0 Å². The molecule has 2 bridgehead atoms. The van der Waals surface area contributed by atoms with Crippen LogP contribution in [0.1, 0.15) is 25.3 Å². The quantitative estimate of drug-likeness (QED) is 0.804. The highest BCUT2D eigenvalue weighted by Gasteiger charge is 2.53. The second kappa shape index (κ2) is 4.09. The molecule has 0 aliphatic carbocycles. The van der Waals surface area contributed by atoms with E-state index in [-0.39, 0.29) is 5.41 Å². The lowest BCUT2D eigenvalue weighted by Crippen LogP contribution is -2.58. The minimum Gasteiger partial charge on any atom is -0.323 e. The van der Waals surface area contributed by atoms with E-state index in [0.29, 0.717) is 0 Å². The molecule has 3 heterocycles. The molecule has 1 aromatic carbocycles. The lowest BCUT2D eigenvalue weighted by Gasteiger charge is -2.51. The van der Waals surface area contributed by atoms with Crippen molar-refractivity contribution in [2.75, 3.05) is 19.8 Å². The van der Waals surface area contributed by atoms with Crippen molar-refractivity contribution in [3.05, 3.63) is 35.9 Å². The standard InChI is InChI=1S/C14H18O3/c1-2-8-13-9-15-14(16-10-13,17-11-13)12-6-4-3-5-7-12/h3-7H,2,8-11H2,1H3. The van der Waals surface area contributed by atoms with Gasteiger partial charge in [0.05, 0.1) is 19.8 Å². The molecule has 0 N–H and O–H groups in total. The van der Waals surface area contributed by atoms with E-state index in [1.807, 2.05) is 30.3 Å². The van der Waals surface area contributed by atoms with Crippen molar-refractivity contribution in [3.63, 3.8) is 0 Å². The molecule has 0 radical (unpaired) electrons. The molecule has 1 aromatic rings. The summed E-state index contributed by atoms with van der Waals surface area (Å²) in [6.45, 7) is 4.38. The van der Waals surface area contributed by atoms with Gasteiger partial charge in [0.15, 0.2) is 0 Å². The molecule has 0 amide bonds. The summed E-state index contributed by atoms with van der Waals surface area (Å²) in [4.78, 5) is 0. The van der Waals surface area contributed by atoms with Crippen LogP contribution in [0.5, 0.6) is 0 Å². The van der Waals surface area contributed by atoms with E-state index in [1.165, 1.54) is 0 Å². The Kier molecular flexibility index (Phi) is 2.69. The third kappa shape index (κ3) is 1.79. The average Bonchev–Trinajstić information content (AvgIpc) is 2.42. The van der Waals surface area contributed by atoms with Gasteiger partial charge in [0.25, 0.3) is 0 Å². The van der Waals surface area contributed by atoms with E-state index in [4.69, 9.17) is 14.2 Å². The van der Waals surface area contributed by atoms with Crippen molar-refractivity contribution >= 4 is 0 Å². The Balaban J connectivity index is 1.82. The molecule has 0 atom stereocenters. The van der Waals surface area contributed by atoms with Gasteiger partial charge in [-0.15, -0.1) is 0 Å². The Bertz CT molecular complexity index is 363. The molecule has 0 aromatic heterocycles. The lowest BCUT2D eigenvalue weighted by molar-refractivity contribution is -0.480. The van der Waals surface area contributed by atoms with Gasteiger partial charge >= 0.3 is 5.97 Å². The first kappa shape index (κ1) is 11.2. The molecule has 3 aliphatic heterocycles. The smallest absolute Gasteiger partial charge is 0.312 e. The van der Waals surface area contributed by atoms with Crippen molar-refractivity contribution in [2.45, 2.75) is 25.7 Å². The number of fused-ring (bicyclic) bond motifs is 3. The monoisotopic (exact) mass is 234 g/mol. The summed E-state index contributed by atoms with van der Waals surface area (Å²) in [7, 11) is 0. The minimum absolute atomic E-state index is 0.0747. The van der Waals surface area contributed by atoms with E-state index in [2.05, 4.69) is 6.92 Å². The largest absolute Gasteiger partial charge is 0.323 e. The molecule has 3 fully saturated rings. The van der Waals surface area contributed by atoms with Gasteiger partial charge in [0.1, 0.15) is 0 Å². The minimum atomic E-state index is -0.948. The Labute approximate surface area is 102 Å². The predicted octanol–water partition coefficient (Wildman–Crippen LogP) is 2.66. The maximum atomic E-state index is 5.86. The van der Waals surface area contributed by atoms with E-state index >= 15 is 0 Å². The first-order valence-electron chi connectivity index (χ1n) is 6.26. The first-order valence-corrected chi connectivity index (χ1v) is 6.26. The highest BCUT2D eigenvalue weighted by atomic mass is 16.9. The van der Waals surface area contributed by atoms with Gasteiger partial charge in [-0.1, -0.05) is 43.7 Å². The van der Waals surface area contributed by atoms with Gasteiger partial charge in [-0.2, -0.15) is 0 Å². The maximum Gasteiger partial charge on any atom is 0.312 e. The van der Waals surface area contributed by atoms with Crippen LogP contribution < -0.4 is 0 Å². The summed E-state index contributed by atoms with van der Waals surface area (Å²) < 4.78 is 17.6. The number of hydrogen-bond donors (Lipinski definition) is 0. The van der Waals surface area contributed by atoms with E-state index in [1.54, 1.807) is 0 Å². The first-order chi connectivity index (χ1) is 8.29. The predicted molar refractivity (Wildman–Crippen MR) is 63.3 cm³/mol. The highest BCUT2D eigenvalue weighted by Crippen LogP contribution is 2.45. The van der Waals surface area contributed by atoms with Crippen LogP contribution in [0.25, 0.3) is 0 Å². The zero-order valence-electron chi connectivity index (χ0n) is 10.1. The van der Waals surface area contributed by atoms with Gasteiger partial charge < -0.3 is 14.2 Å². The van der Waals surface area contributed by atoms with Crippen molar-refractivity contribution < 1.29 is 14.2 Å². The van der Waals surface area contributed by atoms with E-state index in [9.17, 15) is 0 Å². The Morgan fingerprint density at radius 2 is 1.59 bits per heavy atom. The molecule has 3 nitrogen and oxygen atoms in total.